The molecule has 0 radical (unpaired) electrons. The van der Waals surface area contributed by atoms with Crippen molar-refractivity contribution < 1.29 is 63.6 Å². The van der Waals surface area contributed by atoms with E-state index in [2.05, 4.69) is 16.0 Å². The summed E-state index contributed by atoms with van der Waals surface area (Å²) in [6, 6.07) is 12.4. The molecular weight excluding hydrogens is 756 g/mol. The summed E-state index contributed by atoms with van der Waals surface area (Å²) in [6.45, 7) is 15.4. The van der Waals surface area contributed by atoms with Crippen molar-refractivity contribution >= 4 is 18.3 Å². The molecule has 2 aliphatic rings. The van der Waals surface area contributed by atoms with Gasteiger partial charge < -0.3 is 65.2 Å². The van der Waals surface area contributed by atoms with Gasteiger partial charge in [-0.3, -0.25) is 4.90 Å². The molecule has 1 saturated heterocycles. The van der Waals surface area contributed by atoms with Crippen molar-refractivity contribution in [1.82, 2.24) is 20.9 Å². The van der Waals surface area contributed by atoms with Gasteiger partial charge >= 0.3 is 18.3 Å². The summed E-state index contributed by atoms with van der Waals surface area (Å²) in [5, 5.41) is 64.6. The van der Waals surface area contributed by atoms with E-state index < -0.39 is 96.1 Å². The fourth-order valence-corrected chi connectivity index (χ4v) is 6.71. The Bertz CT molecular complexity index is 1660. The van der Waals surface area contributed by atoms with Gasteiger partial charge in [-0.1, -0.05) is 48.5 Å². The van der Waals surface area contributed by atoms with Gasteiger partial charge in [-0.25, -0.2) is 14.4 Å². The third kappa shape index (κ3) is 14.0. The first-order valence-corrected chi connectivity index (χ1v) is 19.4. The Hall–Kier alpha value is -4.23. The lowest BCUT2D eigenvalue weighted by Crippen LogP contribution is -2.70. The molecule has 17 heteroatoms. The van der Waals surface area contributed by atoms with Gasteiger partial charge in [0.15, 0.2) is 6.29 Å². The number of hydrogen-bond donors (Lipinski definition) is 8. The summed E-state index contributed by atoms with van der Waals surface area (Å²) >= 11 is 0. The monoisotopic (exact) mass is 818 g/mol. The largest absolute Gasteiger partial charge is 0.508 e. The topological polar surface area (TPSA) is 238 Å². The number of nitrogens with zero attached hydrogens (tertiary/aromatic N) is 1. The van der Waals surface area contributed by atoms with Gasteiger partial charge in [-0.05, 0) is 80.4 Å². The van der Waals surface area contributed by atoms with E-state index in [0.29, 0.717) is 12.1 Å². The highest BCUT2D eigenvalue weighted by Gasteiger charge is 2.52. The van der Waals surface area contributed by atoms with Gasteiger partial charge in [0.1, 0.15) is 65.2 Å². The molecule has 58 heavy (non-hydrogen) atoms. The molecule has 2 aromatic rings. The predicted molar refractivity (Wildman–Crippen MR) is 210 cm³/mol. The Kier molecular flexibility index (Phi) is 15.4. The van der Waals surface area contributed by atoms with Crippen LogP contribution in [0.3, 0.4) is 0 Å². The molecule has 4 rings (SSSR count). The molecule has 3 amide bonds. The maximum atomic E-state index is 13.2. The third-order valence-corrected chi connectivity index (χ3v) is 9.16. The van der Waals surface area contributed by atoms with Crippen molar-refractivity contribution in [3.63, 3.8) is 0 Å². The maximum Gasteiger partial charge on any atom is 0.408 e. The molecule has 2 fully saturated rings. The van der Waals surface area contributed by atoms with Crippen LogP contribution >= 0.6 is 0 Å². The zero-order valence-electron chi connectivity index (χ0n) is 34.7. The molecule has 10 atom stereocenters. The van der Waals surface area contributed by atoms with E-state index in [0.717, 1.165) is 5.56 Å². The number of rotatable bonds is 11. The maximum absolute atomic E-state index is 13.2. The number of para-hydroxylation sites is 1. The molecule has 17 nitrogen and oxygen atoms in total. The fraction of sp³-hybridized carbons (Fsp3) is 0.634. The first kappa shape index (κ1) is 46.5. The third-order valence-electron chi connectivity index (χ3n) is 9.16. The number of phenols is 1. The second kappa shape index (κ2) is 19.2. The predicted octanol–water partition coefficient (Wildman–Crippen LogP) is 3.03. The van der Waals surface area contributed by atoms with E-state index in [4.69, 9.17) is 23.7 Å². The van der Waals surface area contributed by atoms with Crippen molar-refractivity contribution in [3.05, 3.63) is 65.7 Å². The zero-order chi connectivity index (χ0) is 43.2. The molecule has 0 bridgehead atoms. The van der Waals surface area contributed by atoms with Crippen molar-refractivity contribution in [2.24, 2.45) is 0 Å². The minimum atomic E-state index is -1.81. The van der Waals surface area contributed by atoms with Gasteiger partial charge in [-0.15, -0.1) is 0 Å². The number of aliphatic hydroxyl groups is 4. The quantitative estimate of drug-likeness (QED) is 0.152. The number of aromatic hydroxyl groups is 1. The second-order valence-corrected chi connectivity index (χ2v) is 17.8. The molecule has 8 N–H and O–H groups in total. The Labute approximate surface area is 339 Å². The highest BCUT2D eigenvalue weighted by Crippen LogP contribution is 2.31. The van der Waals surface area contributed by atoms with Gasteiger partial charge in [0.25, 0.3) is 0 Å². The van der Waals surface area contributed by atoms with Gasteiger partial charge in [-0.2, -0.15) is 0 Å². The van der Waals surface area contributed by atoms with E-state index >= 15 is 0 Å². The van der Waals surface area contributed by atoms with E-state index in [1.165, 1.54) is 0 Å². The Morgan fingerprint density at radius 1 is 0.672 bits per heavy atom. The molecule has 1 saturated carbocycles. The molecule has 2 aromatic carbocycles. The lowest BCUT2D eigenvalue weighted by atomic mass is 9.83. The highest BCUT2D eigenvalue weighted by molar-refractivity contribution is 5.69. The zero-order valence-corrected chi connectivity index (χ0v) is 34.7. The number of benzene rings is 2. The summed E-state index contributed by atoms with van der Waals surface area (Å²) < 4.78 is 29.0. The fourth-order valence-electron chi connectivity index (χ4n) is 6.71. The lowest BCUT2D eigenvalue weighted by Gasteiger charge is -2.48. The van der Waals surface area contributed by atoms with Gasteiger partial charge in [0.05, 0.1) is 12.1 Å². The average molecular weight is 819 g/mol. The Morgan fingerprint density at radius 2 is 1.19 bits per heavy atom. The first-order chi connectivity index (χ1) is 26.9. The summed E-state index contributed by atoms with van der Waals surface area (Å²) in [4.78, 5) is 41.0. The SMILES string of the molecule is CC(C)(C)OC(=O)N[C@H]1[C@@H](O[C@H]2[C@H](O)[C@@H](O)[C@H](NC(=O)OC(C)(C)C)C[C@@H]2NC(=O)OC(C)(C)C)O[C@H](CN(Cc2ccccc2)Cc2ccccc2O)[C@@H](O)[C@@H]1O. The van der Waals surface area contributed by atoms with E-state index in [1.54, 1.807) is 86.6 Å². The van der Waals surface area contributed by atoms with Crippen LogP contribution in [0.15, 0.2) is 54.6 Å². The van der Waals surface area contributed by atoms with Crippen LogP contribution in [0, 0.1) is 0 Å². The molecule has 1 aliphatic heterocycles. The average Bonchev–Trinajstić information content (AvgIpc) is 3.08. The van der Waals surface area contributed by atoms with E-state index in [9.17, 15) is 39.9 Å². The molecule has 0 unspecified atom stereocenters. The van der Waals surface area contributed by atoms with Crippen molar-refractivity contribution in [2.45, 2.75) is 160 Å². The van der Waals surface area contributed by atoms with E-state index in [1.807, 2.05) is 35.2 Å². The van der Waals surface area contributed by atoms with E-state index in [-0.39, 0.29) is 25.3 Å². The minimum Gasteiger partial charge on any atom is -0.508 e. The number of nitrogens with one attached hydrogen (secondary N) is 3. The number of phenolic OH excluding ortho intramolecular Hbond substituents is 1. The van der Waals surface area contributed by atoms with Gasteiger partial charge in [0, 0.05) is 25.2 Å². The summed E-state index contributed by atoms with van der Waals surface area (Å²) in [5.74, 6) is 0.0568. The number of carbonyl (C=O) groups excluding carboxylic acids is 3. The van der Waals surface area contributed by atoms with Crippen LogP contribution in [0.5, 0.6) is 5.75 Å². The minimum absolute atomic E-state index is 0.0300. The summed E-state index contributed by atoms with van der Waals surface area (Å²) in [6.07, 6.45) is -14.1. The molecule has 0 aromatic heterocycles. The number of hydrogen-bond acceptors (Lipinski definition) is 14. The van der Waals surface area contributed by atoms with Crippen LogP contribution in [0.25, 0.3) is 0 Å². The van der Waals surface area contributed by atoms with Crippen LogP contribution in [0.1, 0.15) is 79.9 Å². The van der Waals surface area contributed by atoms with Crippen LogP contribution in [0.4, 0.5) is 14.4 Å². The molecule has 0 spiro atoms. The standard InChI is InChI=1S/C41H62N4O13/c1-39(2,3)56-36(51)42-25-19-26(43-37(52)57-40(4,5)6)34(33(50)30(25)47)55-35-29(44-38(53)58-41(7,8)9)32(49)31(48)28(54-35)22-45(20-23-15-11-10-12-16-23)21-24-17-13-14-18-27(24)46/h10-18,25-26,28-35,46-50H,19-22H2,1-9H3,(H,42,51)(H,43,52)(H,44,53)/t25-,26+,28-,29-,30+,31-,32-,33-,34-,35-/m1/s1. The number of aliphatic hydroxyl groups excluding tert-OH is 4. The van der Waals surface area contributed by atoms with Crippen molar-refractivity contribution in [3.8, 4) is 5.75 Å². The number of alkyl carbamates (subject to hydrolysis) is 3. The summed E-state index contributed by atoms with van der Waals surface area (Å²) in [7, 11) is 0. The highest BCUT2D eigenvalue weighted by atomic mass is 16.7. The molecule has 324 valence electrons. The summed E-state index contributed by atoms with van der Waals surface area (Å²) in [5.41, 5.74) is -1.26. The normalized spacial score (nSPS) is 28.0. The van der Waals surface area contributed by atoms with Crippen LogP contribution in [-0.2, 0) is 36.8 Å². The molecular formula is C41H62N4O13. The first-order valence-electron chi connectivity index (χ1n) is 19.4. The molecule has 1 aliphatic carbocycles. The number of amides is 3. The second-order valence-electron chi connectivity index (χ2n) is 17.8. The Morgan fingerprint density at radius 3 is 1.74 bits per heavy atom. The number of carbonyl (C=O) groups is 3. The van der Waals surface area contributed by atoms with Crippen LogP contribution < -0.4 is 16.0 Å². The van der Waals surface area contributed by atoms with Crippen molar-refractivity contribution in [1.29, 1.82) is 0 Å². The van der Waals surface area contributed by atoms with Crippen LogP contribution in [0.2, 0.25) is 0 Å². The molecule has 1 heterocycles. The van der Waals surface area contributed by atoms with Crippen molar-refractivity contribution in [2.75, 3.05) is 6.54 Å². The van der Waals surface area contributed by atoms with Crippen LogP contribution in [-0.4, -0.2) is 133 Å². The Balaban J connectivity index is 1.69. The number of ether oxygens (including phenoxy) is 5. The van der Waals surface area contributed by atoms with Gasteiger partial charge in [0.2, 0.25) is 0 Å². The lowest BCUT2D eigenvalue weighted by molar-refractivity contribution is -0.296. The smallest absolute Gasteiger partial charge is 0.408 e.